The van der Waals surface area contributed by atoms with E-state index in [0.29, 0.717) is 17.2 Å². The molecule has 7 heteroatoms. The van der Waals surface area contributed by atoms with Crippen molar-refractivity contribution in [3.63, 3.8) is 0 Å². The Balaban J connectivity index is 2.20. The third kappa shape index (κ3) is 5.04. The number of hydrogen-bond acceptors (Lipinski definition) is 4. The summed E-state index contributed by atoms with van der Waals surface area (Å²) in [5.74, 6) is 0.329. The van der Waals surface area contributed by atoms with Crippen LogP contribution in [0.5, 0.6) is 5.75 Å². The molecule has 0 saturated heterocycles. The minimum Gasteiger partial charge on any atom is -0.495 e. The van der Waals surface area contributed by atoms with Crippen LogP contribution in [0, 0.1) is 5.92 Å². The van der Waals surface area contributed by atoms with Crippen molar-refractivity contribution in [3.8, 4) is 5.75 Å². The zero-order chi connectivity index (χ0) is 18.6. The fraction of sp³-hybridized carbons (Fsp3) is 0.278. The van der Waals surface area contributed by atoms with Crippen LogP contribution in [-0.4, -0.2) is 21.4 Å². The Labute approximate surface area is 148 Å². The number of nitrogens with two attached hydrogens (primary N) is 1. The predicted octanol–water partition coefficient (Wildman–Crippen LogP) is 2.79. The smallest absolute Gasteiger partial charge is 0.255 e. The van der Waals surface area contributed by atoms with Crippen LogP contribution in [0.15, 0.2) is 47.4 Å². The van der Waals surface area contributed by atoms with Gasteiger partial charge in [-0.2, -0.15) is 0 Å². The molecule has 0 unspecified atom stereocenters. The second kappa shape index (κ2) is 7.67. The number of benzene rings is 2. The maximum Gasteiger partial charge on any atom is 0.255 e. The summed E-state index contributed by atoms with van der Waals surface area (Å²) < 4.78 is 28.3. The van der Waals surface area contributed by atoms with Gasteiger partial charge in [0.05, 0.1) is 7.11 Å². The summed E-state index contributed by atoms with van der Waals surface area (Å²) in [7, 11) is -2.61. The lowest BCUT2D eigenvalue weighted by Gasteiger charge is -2.11. The van der Waals surface area contributed by atoms with Crippen LogP contribution in [0.3, 0.4) is 0 Å². The van der Waals surface area contributed by atoms with E-state index in [-0.39, 0.29) is 16.6 Å². The van der Waals surface area contributed by atoms with Gasteiger partial charge in [-0.05, 0) is 48.2 Å². The SMILES string of the molecule is COc1ccc(NC(=O)c2ccc(CC(C)C)cc2)cc1S(N)(=O)=O. The largest absolute Gasteiger partial charge is 0.495 e. The Morgan fingerprint density at radius 2 is 1.80 bits per heavy atom. The molecule has 0 aliphatic rings. The molecular formula is C18H22N2O4S. The summed E-state index contributed by atoms with van der Waals surface area (Å²) in [6.07, 6.45) is 0.943. The summed E-state index contributed by atoms with van der Waals surface area (Å²) in [6.45, 7) is 4.26. The highest BCUT2D eigenvalue weighted by molar-refractivity contribution is 7.89. The van der Waals surface area contributed by atoms with Gasteiger partial charge in [-0.25, -0.2) is 13.6 Å². The van der Waals surface area contributed by atoms with Gasteiger partial charge in [-0.3, -0.25) is 4.79 Å². The quantitative estimate of drug-likeness (QED) is 0.825. The first-order valence-corrected chi connectivity index (χ1v) is 9.36. The summed E-state index contributed by atoms with van der Waals surface area (Å²) in [5.41, 5.74) is 1.97. The highest BCUT2D eigenvalue weighted by Crippen LogP contribution is 2.26. The Morgan fingerprint density at radius 3 is 2.32 bits per heavy atom. The van der Waals surface area contributed by atoms with E-state index in [1.165, 1.54) is 19.2 Å². The van der Waals surface area contributed by atoms with Crippen molar-refractivity contribution in [1.29, 1.82) is 0 Å². The fourth-order valence-corrected chi connectivity index (χ4v) is 3.17. The number of sulfonamides is 1. The highest BCUT2D eigenvalue weighted by Gasteiger charge is 2.16. The Hall–Kier alpha value is -2.38. The van der Waals surface area contributed by atoms with E-state index < -0.39 is 10.0 Å². The molecule has 1 amide bonds. The molecule has 0 radical (unpaired) electrons. The first kappa shape index (κ1) is 19.0. The van der Waals surface area contributed by atoms with Crippen molar-refractivity contribution in [3.05, 3.63) is 53.6 Å². The van der Waals surface area contributed by atoms with Crippen LogP contribution in [0.4, 0.5) is 5.69 Å². The Bertz CT molecular complexity index is 859. The monoisotopic (exact) mass is 362 g/mol. The van der Waals surface area contributed by atoms with E-state index in [2.05, 4.69) is 19.2 Å². The third-order valence-electron chi connectivity index (χ3n) is 3.59. The molecule has 0 aliphatic carbocycles. The van der Waals surface area contributed by atoms with Gasteiger partial charge in [0.15, 0.2) is 0 Å². The number of methoxy groups -OCH3 is 1. The maximum absolute atomic E-state index is 12.3. The number of amides is 1. The molecule has 0 aromatic heterocycles. The standard InChI is InChI=1S/C18H22N2O4S/c1-12(2)10-13-4-6-14(7-5-13)18(21)20-15-8-9-16(24-3)17(11-15)25(19,22)23/h4-9,11-12H,10H2,1-3H3,(H,20,21)(H2,19,22,23). The van der Waals surface area contributed by atoms with Crippen LogP contribution >= 0.6 is 0 Å². The summed E-state index contributed by atoms with van der Waals surface area (Å²) in [5, 5.41) is 7.85. The molecule has 0 atom stereocenters. The lowest BCUT2D eigenvalue weighted by molar-refractivity contribution is 0.102. The van der Waals surface area contributed by atoms with Crippen LogP contribution in [0.25, 0.3) is 0 Å². The molecule has 2 rings (SSSR count). The molecule has 0 fully saturated rings. The number of carbonyl (C=O) groups excluding carboxylic acids is 1. The van der Waals surface area contributed by atoms with Gasteiger partial charge in [-0.1, -0.05) is 26.0 Å². The molecule has 3 N–H and O–H groups in total. The summed E-state index contributed by atoms with van der Waals surface area (Å²) in [4.78, 5) is 12.2. The summed E-state index contributed by atoms with van der Waals surface area (Å²) >= 11 is 0. The molecule has 0 spiro atoms. The number of nitrogens with one attached hydrogen (secondary N) is 1. The molecule has 25 heavy (non-hydrogen) atoms. The zero-order valence-corrected chi connectivity index (χ0v) is 15.3. The molecule has 2 aromatic rings. The number of primary sulfonamides is 1. The number of carbonyl (C=O) groups is 1. The van der Waals surface area contributed by atoms with Gasteiger partial charge in [0.2, 0.25) is 10.0 Å². The molecule has 0 heterocycles. The van der Waals surface area contributed by atoms with Crippen molar-refractivity contribution in [2.45, 2.75) is 25.2 Å². The van der Waals surface area contributed by atoms with Crippen LogP contribution < -0.4 is 15.2 Å². The fourth-order valence-electron chi connectivity index (χ4n) is 2.44. The second-order valence-electron chi connectivity index (χ2n) is 6.16. The van der Waals surface area contributed by atoms with Gasteiger partial charge in [0, 0.05) is 11.3 Å². The highest BCUT2D eigenvalue weighted by atomic mass is 32.2. The Kier molecular flexibility index (Phi) is 5.81. The van der Waals surface area contributed by atoms with Crippen molar-refractivity contribution in [2.24, 2.45) is 11.1 Å². The predicted molar refractivity (Wildman–Crippen MR) is 97.3 cm³/mol. The number of ether oxygens (including phenoxy) is 1. The van der Waals surface area contributed by atoms with E-state index in [1.54, 1.807) is 18.2 Å². The molecule has 0 aliphatic heterocycles. The van der Waals surface area contributed by atoms with Crippen LogP contribution in [-0.2, 0) is 16.4 Å². The van der Waals surface area contributed by atoms with Crippen LogP contribution in [0.1, 0.15) is 29.8 Å². The van der Waals surface area contributed by atoms with E-state index >= 15 is 0 Å². The molecular weight excluding hydrogens is 340 g/mol. The average Bonchev–Trinajstić information content (AvgIpc) is 2.54. The molecule has 6 nitrogen and oxygen atoms in total. The van der Waals surface area contributed by atoms with E-state index in [0.717, 1.165) is 12.0 Å². The minimum atomic E-state index is -3.96. The molecule has 134 valence electrons. The van der Waals surface area contributed by atoms with Gasteiger partial charge in [-0.15, -0.1) is 0 Å². The van der Waals surface area contributed by atoms with Gasteiger partial charge < -0.3 is 10.1 Å². The van der Waals surface area contributed by atoms with E-state index in [4.69, 9.17) is 9.88 Å². The minimum absolute atomic E-state index is 0.124. The van der Waals surface area contributed by atoms with Gasteiger partial charge >= 0.3 is 0 Å². The van der Waals surface area contributed by atoms with E-state index in [9.17, 15) is 13.2 Å². The third-order valence-corrected chi connectivity index (χ3v) is 4.52. The lowest BCUT2D eigenvalue weighted by Crippen LogP contribution is -2.16. The first-order valence-electron chi connectivity index (χ1n) is 7.82. The number of hydrogen-bond donors (Lipinski definition) is 2. The molecule has 2 aromatic carbocycles. The van der Waals surface area contributed by atoms with Crippen molar-refractivity contribution < 1.29 is 17.9 Å². The number of anilines is 1. The van der Waals surface area contributed by atoms with Gasteiger partial charge in [0.1, 0.15) is 10.6 Å². The van der Waals surface area contributed by atoms with E-state index in [1.807, 2.05) is 12.1 Å². The molecule has 0 saturated carbocycles. The second-order valence-corrected chi connectivity index (χ2v) is 7.69. The van der Waals surface area contributed by atoms with Crippen molar-refractivity contribution >= 4 is 21.6 Å². The van der Waals surface area contributed by atoms with Crippen molar-refractivity contribution in [2.75, 3.05) is 12.4 Å². The van der Waals surface area contributed by atoms with Crippen LogP contribution in [0.2, 0.25) is 0 Å². The normalized spacial score (nSPS) is 11.4. The topological polar surface area (TPSA) is 98.5 Å². The molecule has 0 bridgehead atoms. The summed E-state index contributed by atoms with van der Waals surface area (Å²) in [6, 6.07) is 11.6. The number of rotatable bonds is 6. The maximum atomic E-state index is 12.3. The van der Waals surface area contributed by atoms with Crippen molar-refractivity contribution in [1.82, 2.24) is 0 Å². The lowest BCUT2D eigenvalue weighted by atomic mass is 10.0. The zero-order valence-electron chi connectivity index (χ0n) is 14.4. The average molecular weight is 362 g/mol. The van der Waals surface area contributed by atoms with Gasteiger partial charge in [0.25, 0.3) is 5.91 Å². The Morgan fingerprint density at radius 1 is 1.16 bits per heavy atom. The first-order chi connectivity index (χ1) is 11.7.